The third-order valence-electron chi connectivity index (χ3n) is 1.30. The van der Waals surface area contributed by atoms with Crippen LogP contribution in [-0.2, 0) is 0 Å². The predicted molar refractivity (Wildman–Crippen MR) is 43.3 cm³/mol. The summed E-state index contributed by atoms with van der Waals surface area (Å²) < 4.78 is 0. The summed E-state index contributed by atoms with van der Waals surface area (Å²) in [6.45, 7) is 1.90. The molecule has 0 fully saturated rings. The number of aryl methyl sites for hydroxylation is 1. The molecule has 0 aliphatic rings. The molecule has 0 aromatic heterocycles. The van der Waals surface area contributed by atoms with Crippen LogP contribution in [0.2, 0.25) is 0 Å². The van der Waals surface area contributed by atoms with Gasteiger partial charge in [0.1, 0.15) is 0 Å². The Morgan fingerprint density at radius 3 is 2.50 bits per heavy atom. The van der Waals surface area contributed by atoms with Crippen LogP contribution in [0.25, 0.3) is 0 Å². The van der Waals surface area contributed by atoms with Crippen LogP contribution in [0, 0.1) is 17.3 Å². The molecule has 3 nitrogen and oxygen atoms in total. The van der Waals surface area contributed by atoms with Crippen molar-refractivity contribution in [2.45, 2.75) is 6.92 Å². The van der Waals surface area contributed by atoms with Crippen LogP contribution in [0.4, 0.5) is 0 Å². The zero-order chi connectivity index (χ0) is 8.27. The minimum Gasteiger partial charge on any atom is -0.612 e. The normalized spacial score (nSPS) is 8.42. The Morgan fingerprint density at radius 2 is 2.00 bits per heavy atom. The summed E-state index contributed by atoms with van der Waals surface area (Å²) in [5, 5.41) is 20.1. The first-order valence-electron chi connectivity index (χ1n) is 3.23. The first-order valence-corrected chi connectivity index (χ1v) is 3.23. The Labute approximate surface area is 93.2 Å². The van der Waals surface area contributed by atoms with E-state index < -0.39 is 4.90 Å². The zero-order valence-corrected chi connectivity index (χ0v) is 9.15. The van der Waals surface area contributed by atoms with Crippen molar-refractivity contribution in [3.63, 3.8) is 0 Å². The van der Waals surface area contributed by atoms with Gasteiger partial charge in [0, 0.05) is 5.56 Å². The maximum absolute atomic E-state index is 10.0. The van der Waals surface area contributed by atoms with Gasteiger partial charge in [0.05, 0.1) is 0 Å². The molecular weight excluding hydrogens is 165 g/mol. The molecule has 0 N–H and O–H groups in total. The standard InChI is InChI=1S/C8H8NO2.Na/c1-7-3-2-4-8(5-7)6-9(10)11;/h2-6H,1H3;/q-1;+1. The molecule has 0 heterocycles. The number of hydrogen-bond donors (Lipinski definition) is 0. The van der Waals surface area contributed by atoms with Crippen molar-refractivity contribution < 1.29 is 34.5 Å². The van der Waals surface area contributed by atoms with E-state index in [0.717, 1.165) is 11.8 Å². The van der Waals surface area contributed by atoms with Gasteiger partial charge in [0.25, 0.3) is 0 Å². The van der Waals surface area contributed by atoms with Crippen molar-refractivity contribution in [2.24, 2.45) is 0 Å². The summed E-state index contributed by atoms with van der Waals surface area (Å²) in [4.78, 5) is -0.450. The molecule has 58 valence electrons. The van der Waals surface area contributed by atoms with Gasteiger partial charge in [-0.3, -0.25) is 0 Å². The fourth-order valence-electron chi connectivity index (χ4n) is 0.872. The summed E-state index contributed by atoms with van der Waals surface area (Å²) >= 11 is 0. The first-order chi connectivity index (χ1) is 5.18. The maximum atomic E-state index is 10.0. The maximum Gasteiger partial charge on any atom is 1.00 e. The first kappa shape index (κ1) is 11.5. The third kappa shape index (κ3) is 3.76. The van der Waals surface area contributed by atoms with E-state index in [-0.39, 0.29) is 29.6 Å². The van der Waals surface area contributed by atoms with E-state index in [2.05, 4.69) is 0 Å². The van der Waals surface area contributed by atoms with E-state index in [9.17, 15) is 10.4 Å². The van der Waals surface area contributed by atoms with Crippen LogP contribution >= 0.6 is 0 Å². The van der Waals surface area contributed by atoms with Gasteiger partial charge in [-0.1, -0.05) is 17.7 Å². The van der Waals surface area contributed by atoms with Gasteiger partial charge in [0.2, 0.25) is 0 Å². The number of benzene rings is 1. The summed E-state index contributed by atoms with van der Waals surface area (Å²) in [5.41, 5.74) is 1.66. The van der Waals surface area contributed by atoms with Crippen LogP contribution in [-0.4, -0.2) is 11.1 Å². The Hall–Kier alpha value is -0.510. The van der Waals surface area contributed by atoms with Crippen molar-refractivity contribution in [2.75, 3.05) is 0 Å². The fraction of sp³-hybridized carbons (Fsp3) is 0.125. The Bertz CT molecular complexity index is 282. The van der Waals surface area contributed by atoms with E-state index in [4.69, 9.17) is 0 Å². The van der Waals surface area contributed by atoms with Crippen molar-refractivity contribution in [1.29, 1.82) is 0 Å². The van der Waals surface area contributed by atoms with Gasteiger partial charge >= 0.3 is 29.6 Å². The van der Waals surface area contributed by atoms with Gasteiger partial charge in [0.15, 0.2) is 6.21 Å². The SMILES string of the molecule is Cc1cccc(C=[N+]([O-])[O-])c1.[Na+]. The molecule has 0 saturated heterocycles. The van der Waals surface area contributed by atoms with Gasteiger partial charge in [-0.25, -0.2) is 0 Å². The molecule has 0 spiro atoms. The Balaban J connectivity index is 0.00000121. The van der Waals surface area contributed by atoms with Crippen molar-refractivity contribution in [3.05, 3.63) is 45.8 Å². The van der Waals surface area contributed by atoms with Gasteiger partial charge in [-0.15, -0.1) is 0 Å². The zero-order valence-electron chi connectivity index (χ0n) is 7.15. The summed E-state index contributed by atoms with van der Waals surface area (Å²) in [7, 11) is 0. The van der Waals surface area contributed by atoms with Crippen LogP contribution in [0.5, 0.6) is 0 Å². The second-order valence-electron chi connectivity index (χ2n) is 2.33. The largest absolute Gasteiger partial charge is 1.00 e. The second-order valence-corrected chi connectivity index (χ2v) is 2.33. The quantitative estimate of drug-likeness (QED) is 0.223. The van der Waals surface area contributed by atoms with Crippen molar-refractivity contribution >= 4 is 6.21 Å². The average Bonchev–Trinajstić information content (AvgIpc) is 1.85. The predicted octanol–water partition coefficient (Wildman–Crippen LogP) is -1.57. The molecule has 4 heteroatoms. The molecule has 1 rings (SSSR count). The fourth-order valence-corrected chi connectivity index (χ4v) is 0.872. The monoisotopic (exact) mass is 173 g/mol. The number of nitrogens with zero attached hydrogens (tertiary/aromatic N) is 1. The molecule has 0 saturated carbocycles. The Kier molecular flexibility index (Phi) is 4.97. The molecule has 0 aliphatic heterocycles. The molecule has 0 aliphatic carbocycles. The van der Waals surface area contributed by atoms with Crippen LogP contribution < -0.4 is 29.6 Å². The van der Waals surface area contributed by atoms with E-state index in [1.54, 1.807) is 18.2 Å². The minimum atomic E-state index is -0.450. The molecule has 0 unspecified atom stereocenters. The molecule has 0 radical (unpaired) electrons. The molecular formula is C8H8NNaO2. The van der Waals surface area contributed by atoms with E-state index in [0.29, 0.717) is 5.56 Å². The molecule has 1 aromatic rings. The van der Waals surface area contributed by atoms with Crippen LogP contribution in [0.3, 0.4) is 0 Å². The third-order valence-corrected chi connectivity index (χ3v) is 1.30. The van der Waals surface area contributed by atoms with Crippen LogP contribution in [0.1, 0.15) is 11.1 Å². The second kappa shape index (κ2) is 5.19. The molecule has 12 heavy (non-hydrogen) atoms. The minimum absolute atomic E-state index is 0. The summed E-state index contributed by atoms with van der Waals surface area (Å²) in [5.74, 6) is 0. The molecule has 0 amide bonds. The molecule has 1 aromatic carbocycles. The smallest absolute Gasteiger partial charge is 0.612 e. The van der Waals surface area contributed by atoms with E-state index >= 15 is 0 Å². The molecule has 0 atom stereocenters. The summed E-state index contributed by atoms with van der Waals surface area (Å²) in [6, 6.07) is 7.17. The average molecular weight is 173 g/mol. The Morgan fingerprint density at radius 1 is 1.33 bits per heavy atom. The number of rotatable bonds is 1. The van der Waals surface area contributed by atoms with Gasteiger partial charge < -0.3 is 10.4 Å². The van der Waals surface area contributed by atoms with Gasteiger partial charge in [-0.05, 0) is 19.1 Å². The van der Waals surface area contributed by atoms with E-state index in [1.165, 1.54) is 0 Å². The van der Waals surface area contributed by atoms with Crippen molar-refractivity contribution in [1.82, 2.24) is 0 Å². The topological polar surface area (TPSA) is 49.1 Å². The summed E-state index contributed by atoms with van der Waals surface area (Å²) in [6.07, 6.45) is 0.993. The number of hydrogen-bond acceptors (Lipinski definition) is 2. The molecule has 0 bridgehead atoms. The van der Waals surface area contributed by atoms with E-state index in [1.807, 2.05) is 13.0 Å². The van der Waals surface area contributed by atoms with Crippen LogP contribution in [0.15, 0.2) is 24.3 Å². The van der Waals surface area contributed by atoms with Gasteiger partial charge in [-0.2, -0.15) is 4.90 Å². The van der Waals surface area contributed by atoms with Crippen molar-refractivity contribution in [3.8, 4) is 0 Å².